The first-order valence-electron chi connectivity index (χ1n) is 5.56. The van der Waals surface area contributed by atoms with Gasteiger partial charge in [-0.2, -0.15) is 0 Å². The molecule has 0 spiro atoms. The Morgan fingerprint density at radius 1 is 1.22 bits per heavy atom. The summed E-state index contributed by atoms with van der Waals surface area (Å²) in [5.74, 6) is 0.676. The lowest BCUT2D eigenvalue weighted by molar-refractivity contribution is 0.423. The molecule has 0 radical (unpaired) electrons. The van der Waals surface area contributed by atoms with Crippen LogP contribution in [0.3, 0.4) is 0 Å². The Labute approximate surface area is 108 Å². The fraction of sp³-hybridized carbons (Fsp3) is 0.231. The van der Waals surface area contributed by atoms with Crippen LogP contribution in [0.5, 0.6) is 5.06 Å². The van der Waals surface area contributed by atoms with Crippen LogP contribution in [0.4, 0.5) is 0 Å². The highest BCUT2D eigenvalue weighted by Gasteiger charge is 2.11. The average Bonchev–Trinajstić information content (AvgIpc) is 2.89. The van der Waals surface area contributed by atoms with Gasteiger partial charge >= 0.3 is 0 Å². The monoisotopic (exact) mass is 260 g/mol. The van der Waals surface area contributed by atoms with Gasteiger partial charge in [0.1, 0.15) is 10.5 Å². The lowest BCUT2D eigenvalue weighted by atomic mass is 10.2. The van der Waals surface area contributed by atoms with Crippen LogP contribution in [0, 0.1) is 13.8 Å². The summed E-state index contributed by atoms with van der Waals surface area (Å²) in [7, 11) is 1.66. The zero-order chi connectivity index (χ0) is 12.7. The molecule has 0 N–H and O–H groups in total. The van der Waals surface area contributed by atoms with E-state index in [9.17, 15) is 0 Å². The molecule has 0 atom stereocenters. The molecule has 4 nitrogen and oxygen atoms in total. The van der Waals surface area contributed by atoms with E-state index in [0.29, 0.717) is 5.89 Å². The molecular weight excluding hydrogens is 248 g/mol. The summed E-state index contributed by atoms with van der Waals surface area (Å²) in [5.41, 5.74) is 3.61. The molecule has 1 aromatic carbocycles. The Morgan fingerprint density at radius 3 is 2.78 bits per heavy atom. The van der Waals surface area contributed by atoms with Gasteiger partial charge in [-0.3, -0.25) is 0 Å². The van der Waals surface area contributed by atoms with Gasteiger partial charge in [0.05, 0.1) is 12.8 Å². The van der Waals surface area contributed by atoms with Crippen LogP contribution in [0.15, 0.2) is 22.6 Å². The summed E-state index contributed by atoms with van der Waals surface area (Å²) in [6.45, 7) is 3.79. The maximum absolute atomic E-state index is 5.46. The molecule has 0 aliphatic rings. The van der Waals surface area contributed by atoms with Gasteiger partial charge in [-0.05, 0) is 25.1 Å². The van der Waals surface area contributed by atoms with Crippen molar-refractivity contribution in [1.82, 2.24) is 9.97 Å². The Kier molecular flexibility index (Phi) is 2.56. The van der Waals surface area contributed by atoms with Crippen molar-refractivity contribution in [2.45, 2.75) is 13.8 Å². The molecule has 3 rings (SSSR count). The molecule has 2 aromatic heterocycles. The van der Waals surface area contributed by atoms with Crippen LogP contribution < -0.4 is 4.74 Å². The number of oxazole rings is 1. The molecule has 18 heavy (non-hydrogen) atoms. The van der Waals surface area contributed by atoms with Gasteiger partial charge in [-0.1, -0.05) is 11.3 Å². The molecule has 0 unspecified atom stereocenters. The standard InChI is InChI=1S/C13H12N2O2S/c1-7-13(16-3)18-12(14-7)9-4-5-11-10(6-9)15-8(2)17-11/h4-6H,1-3H3. The summed E-state index contributed by atoms with van der Waals surface area (Å²) in [6, 6.07) is 5.90. The van der Waals surface area contributed by atoms with Gasteiger partial charge in [0.25, 0.3) is 0 Å². The first-order chi connectivity index (χ1) is 8.67. The van der Waals surface area contributed by atoms with Gasteiger partial charge < -0.3 is 9.15 Å². The molecule has 0 amide bonds. The number of rotatable bonds is 2. The van der Waals surface area contributed by atoms with Crippen molar-refractivity contribution in [1.29, 1.82) is 0 Å². The number of aryl methyl sites for hydroxylation is 2. The van der Waals surface area contributed by atoms with E-state index < -0.39 is 0 Å². The smallest absolute Gasteiger partial charge is 0.197 e. The summed E-state index contributed by atoms with van der Waals surface area (Å²) in [5, 5.41) is 1.79. The van der Waals surface area contributed by atoms with E-state index in [-0.39, 0.29) is 0 Å². The minimum atomic E-state index is 0.676. The van der Waals surface area contributed by atoms with E-state index in [0.717, 1.165) is 32.4 Å². The average molecular weight is 260 g/mol. The molecule has 0 saturated heterocycles. The van der Waals surface area contributed by atoms with E-state index in [4.69, 9.17) is 9.15 Å². The molecule has 2 heterocycles. The lowest BCUT2D eigenvalue weighted by Crippen LogP contribution is -1.80. The van der Waals surface area contributed by atoms with Gasteiger partial charge in [0.2, 0.25) is 0 Å². The van der Waals surface area contributed by atoms with Gasteiger partial charge in [-0.15, -0.1) is 0 Å². The molecule has 3 aromatic rings. The highest BCUT2D eigenvalue weighted by Crippen LogP contribution is 2.34. The lowest BCUT2D eigenvalue weighted by Gasteiger charge is -1.94. The number of nitrogens with zero attached hydrogens (tertiary/aromatic N) is 2. The first-order valence-corrected chi connectivity index (χ1v) is 6.38. The summed E-state index contributed by atoms with van der Waals surface area (Å²) >= 11 is 1.54. The number of fused-ring (bicyclic) bond motifs is 1. The summed E-state index contributed by atoms with van der Waals surface area (Å²) < 4.78 is 10.7. The third-order valence-electron chi connectivity index (χ3n) is 2.68. The Hall–Kier alpha value is -1.88. The van der Waals surface area contributed by atoms with Crippen LogP contribution in [0.1, 0.15) is 11.6 Å². The van der Waals surface area contributed by atoms with Crippen molar-refractivity contribution in [3.05, 3.63) is 29.8 Å². The van der Waals surface area contributed by atoms with Gasteiger partial charge in [0, 0.05) is 12.5 Å². The van der Waals surface area contributed by atoms with Crippen molar-refractivity contribution in [2.75, 3.05) is 7.11 Å². The number of aromatic nitrogens is 2. The van der Waals surface area contributed by atoms with E-state index >= 15 is 0 Å². The van der Waals surface area contributed by atoms with Crippen LogP contribution >= 0.6 is 11.3 Å². The maximum Gasteiger partial charge on any atom is 0.197 e. The quantitative estimate of drug-likeness (QED) is 0.706. The Bertz CT molecular complexity index is 715. The molecule has 0 aliphatic carbocycles. The number of hydrogen-bond acceptors (Lipinski definition) is 5. The molecule has 5 heteroatoms. The zero-order valence-electron chi connectivity index (χ0n) is 10.4. The van der Waals surface area contributed by atoms with Crippen molar-refractivity contribution >= 4 is 22.4 Å². The van der Waals surface area contributed by atoms with E-state index in [1.807, 2.05) is 32.0 Å². The SMILES string of the molecule is COc1sc(-c2ccc3oc(C)nc3c2)nc1C. The van der Waals surface area contributed by atoms with Crippen molar-refractivity contribution in [2.24, 2.45) is 0 Å². The van der Waals surface area contributed by atoms with Crippen LogP contribution in [-0.2, 0) is 0 Å². The summed E-state index contributed by atoms with van der Waals surface area (Å²) in [4.78, 5) is 8.83. The second-order valence-corrected chi connectivity index (χ2v) is 4.97. The van der Waals surface area contributed by atoms with E-state index in [1.54, 1.807) is 7.11 Å². The molecule has 0 fully saturated rings. The molecular formula is C13H12N2O2S. The fourth-order valence-electron chi connectivity index (χ4n) is 1.87. The van der Waals surface area contributed by atoms with Crippen molar-refractivity contribution < 1.29 is 9.15 Å². The minimum absolute atomic E-state index is 0.676. The topological polar surface area (TPSA) is 48.2 Å². The highest BCUT2D eigenvalue weighted by molar-refractivity contribution is 7.17. The molecule has 0 aliphatic heterocycles. The number of ether oxygens (including phenoxy) is 1. The number of thiazole rings is 1. The summed E-state index contributed by atoms with van der Waals surface area (Å²) in [6.07, 6.45) is 0. The van der Waals surface area contributed by atoms with Crippen LogP contribution in [0.2, 0.25) is 0 Å². The maximum atomic E-state index is 5.46. The predicted molar refractivity (Wildman–Crippen MR) is 71.1 cm³/mol. The second kappa shape index (κ2) is 4.10. The van der Waals surface area contributed by atoms with Gasteiger partial charge in [-0.25, -0.2) is 9.97 Å². The second-order valence-electron chi connectivity index (χ2n) is 4.01. The van der Waals surface area contributed by atoms with Crippen LogP contribution in [-0.4, -0.2) is 17.1 Å². The van der Waals surface area contributed by atoms with Gasteiger partial charge in [0.15, 0.2) is 16.5 Å². The largest absolute Gasteiger partial charge is 0.486 e. The Morgan fingerprint density at radius 2 is 2.06 bits per heavy atom. The number of hydrogen-bond donors (Lipinski definition) is 0. The normalized spacial score (nSPS) is 11.1. The zero-order valence-corrected chi connectivity index (χ0v) is 11.2. The molecule has 0 saturated carbocycles. The highest BCUT2D eigenvalue weighted by atomic mass is 32.1. The molecule has 92 valence electrons. The van der Waals surface area contributed by atoms with Crippen LogP contribution in [0.25, 0.3) is 21.7 Å². The van der Waals surface area contributed by atoms with E-state index in [1.165, 1.54) is 11.3 Å². The fourth-order valence-corrected chi connectivity index (χ4v) is 2.75. The van der Waals surface area contributed by atoms with Crippen molar-refractivity contribution in [3.8, 4) is 15.6 Å². The van der Waals surface area contributed by atoms with E-state index in [2.05, 4.69) is 9.97 Å². The first kappa shape index (κ1) is 11.2. The third-order valence-corrected chi connectivity index (χ3v) is 3.85. The number of benzene rings is 1. The Balaban J connectivity index is 2.12. The predicted octanol–water partition coefficient (Wildman–Crippen LogP) is 3.58. The number of methoxy groups -OCH3 is 1. The minimum Gasteiger partial charge on any atom is -0.486 e. The van der Waals surface area contributed by atoms with Crippen molar-refractivity contribution in [3.63, 3.8) is 0 Å². The molecule has 0 bridgehead atoms. The third kappa shape index (κ3) is 1.76.